The molecular formula is C20H23F3N4O2S. The minimum Gasteiger partial charge on any atom is -0.486 e. The number of anilines is 1. The van der Waals surface area contributed by atoms with Crippen LogP contribution in [0.1, 0.15) is 37.3 Å². The van der Waals surface area contributed by atoms with Gasteiger partial charge in [0.05, 0.1) is 5.71 Å². The van der Waals surface area contributed by atoms with Crippen LogP contribution in [0.15, 0.2) is 23.4 Å². The molecule has 2 bridgehead atoms. The first-order chi connectivity index (χ1) is 14.2. The molecule has 30 heavy (non-hydrogen) atoms. The summed E-state index contributed by atoms with van der Waals surface area (Å²) in [5.74, 6) is 1.60. The first kappa shape index (κ1) is 20.9. The third-order valence-corrected chi connectivity index (χ3v) is 6.39. The Morgan fingerprint density at radius 3 is 2.43 bits per heavy atom. The zero-order chi connectivity index (χ0) is 21.5. The first-order valence-corrected chi connectivity index (χ1v) is 10.6. The number of alkyl halides is 3. The van der Waals surface area contributed by atoms with Crippen LogP contribution in [0, 0.1) is 18.8 Å². The van der Waals surface area contributed by atoms with Crippen LogP contribution in [0.5, 0.6) is 11.5 Å². The predicted molar refractivity (Wildman–Crippen MR) is 108 cm³/mol. The van der Waals surface area contributed by atoms with Gasteiger partial charge in [0.1, 0.15) is 6.10 Å². The molecule has 0 unspecified atom stereocenters. The van der Waals surface area contributed by atoms with Gasteiger partial charge in [-0.3, -0.25) is 0 Å². The lowest BCUT2D eigenvalue weighted by Gasteiger charge is -2.37. The molecule has 6 nitrogen and oxygen atoms in total. The molecule has 4 rings (SSSR count). The van der Waals surface area contributed by atoms with Crippen molar-refractivity contribution in [3.63, 3.8) is 0 Å². The van der Waals surface area contributed by atoms with Gasteiger partial charge in [-0.1, -0.05) is 22.6 Å². The lowest BCUT2D eigenvalue weighted by atomic mass is 9.95. The Hall–Kier alpha value is -2.36. The van der Waals surface area contributed by atoms with Gasteiger partial charge in [-0.2, -0.15) is 13.2 Å². The van der Waals surface area contributed by atoms with E-state index < -0.39 is 11.2 Å². The van der Waals surface area contributed by atoms with Crippen molar-refractivity contribution < 1.29 is 22.7 Å². The number of ether oxygens (including phenoxy) is 1. The number of benzene rings is 1. The van der Waals surface area contributed by atoms with Crippen LogP contribution in [0.4, 0.5) is 18.3 Å². The van der Waals surface area contributed by atoms with E-state index in [0.29, 0.717) is 41.1 Å². The smallest absolute Gasteiger partial charge is 0.445 e. The molecule has 1 aromatic heterocycles. The molecule has 1 aliphatic carbocycles. The highest BCUT2D eigenvalue weighted by molar-refractivity contribution is 7.15. The molecule has 0 radical (unpaired) electrons. The van der Waals surface area contributed by atoms with Crippen LogP contribution >= 0.6 is 11.3 Å². The number of piperidine rings is 1. The minimum atomic E-state index is -4.46. The number of aromatic nitrogens is 2. The van der Waals surface area contributed by atoms with E-state index in [9.17, 15) is 13.2 Å². The molecule has 2 aliphatic rings. The fourth-order valence-electron chi connectivity index (χ4n) is 4.05. The highest BCUT2D eigenvalue weighted by Crippen LogP contribution is 2.44. The predicted octanol–water partition coefficient (Wildman–Crippen LogP) is 4.93. The van der Waals surface area contributed by atoms with E-state index >= 15 is 0 Å². The Bertz CT molecular complexity index is 928. The molecule has 1 saturated heterocycles. The molecule has 1 saturated carbocycles. The van der Waals surface area contributed by atoms with Gasteiger partial charge in [0.15, 0.2) is 11.5 Å². The summed E-state index contributed by atoms with van der Waals surface area (Å²) in [6, 6.07) is 5.73. The number of halogens is 3. The van der Waals surface area contributed by atoms with Crippen LogP contribution in [0.25, 0.3) is 0 Å². The molecule has 0 amide bonds. The molecule has 2 fully saturated rings. The Kier molecular flexibility index (Phi) is 5.61. The molecule has 0 spiro atoms. The number of hydrogen-bond donors (Lipinski definition) is 0. The number of nitrogens with zero attached hydrogens (tertiary/aromatic N) is 4. The normalized spacial score (nSPS) is 23.4. The Morgan fingerprint density at radius 2 is 1.83 bits per heavy atom. The van der Waals surface area contributed by atoms with Crippen molar-refractivity contribution in [2.45, 2.75) is 45.9 Å². The Morgan fingerprint density at radius 1 is 1.13 bits per heavy atom. The number of rotatable bonds is 5. The average Bonchev–Trinajstić information content (AvgIpc) is 3.25. The van der Waals surface area contributed by atoms with Gasteiger partial charge in [-0.15, -0.1) is 10.2 Å². The van der Waals surface area contributed by atoms with Crippen molar-refractivity contribution in [1.29, 1.82) is 0 Å². The number of oxime groups is 1. The fraction of sp³-hybridized carbons (Fsp3) is 0.550. The van der Waals surface area contributed by atoms with Crippen molar-refractivity contribution in [3.05, 3.63) is 28.8 Å². The molecule has 0 N–H and O–H groups in total. The SMILES string of the molecule is CC(C)=NOc1cc(C)ccc1O[C@@H]1[C@@H]2CC[C@H]1CN(c1nnc(C(F)(F)F)s1)C2. The highest BCUT2D eigenvalue weighted by atomic mass is 32.1. The number of hydrogen-bond acceptors (Lipinski definition) is 7. The fourth-order valence-corrected chi connectivity index (χ4v) is 4.78. The quantitative estimate of drug-likeness (QED) is 0.487. The largest absolute Gasteiger partial charge is 0.486 e. The number of fused-ring (bicyclic) bond motifs is 2. The number of aryl methyl sites for hydroxylation is 1. The van der Waals surface area contributed by atoms with Gasteiger partial charge in [0.25, 0.3) is 0 Å². The second-order valence-corrected chi connectivity index (χ2v) is 9.01. The molecule has 162 valence electrons. The van der Waals surface area contributed by atoms with Crippen molar-refractivity contribution in [2.75, 3.05) is 18.0 Å². The molecule has 2 aromatic rings. The Balaban J connectivity index is 1.49. The van der Waals surface area contributed by atoms with E-state index in [1.165, 1.54) is 0 Å². The third-order valence-electron chi connectivity index (χ3n) is 5.36. The minimum absolute atomic E-state index is 0.0204. The summed E-state index contributed by atoms with van der Waals surface area (Å²) in [6.07, 6.45) is -2.55. The van der Waals surface area contributed by atoms with E-state index in [4.69, 9.17) is 9.57 Å². The van der Waals surface area contributed by atoms with E-state index in [1.807, 2.05) is 43.9 Å². The highest BCUT2D eigenvalue weighted by Gasteiger charge is 2.45. The van der Waals surface area contributed by atoms with Gasteiger partial charge < -0.3 is 14.5 Å². The first-order valence-electron chi connectivity index (χ1n) is 9.82. The van der Waals surface area contributed by atoms with Crippen molar-refractivity contribution in [1.82, 2.24) is 10.2 Å². The van der Waals surface area contributed by atoms with Crippen molar-refractivity contribution >= 4 is 22.2 Å². The summed E-state index contributed by atoms with van der Waals surface area (Å²) in [4.78, 5) is 7.48. The summed E-state index contributed by atoms with van der Waals surface area (Å²) in [7, 11) is 0. The monoisotopic (exact) mass is 440 g/mol. The topological polar surface area (TPSA) is 59.8 Å². The Labute approximate surface area is 176 Å². The summed E-state index contributed by atoms with van der Waals surface area (Å²) >= 11 is 0.600. The maximum atomic E-state index is 12.9. The van der Waals surface area contributed by atoms with Crippen LogP contribution < -0.4 is 14.5 Å². The van der Waals surface area contributed by atoms with Crippen molar-refractivity contribution in [3.8, 4) is 11.5 Å². The van der Waals surface area contributed by atoms with E-state index in [0.717, 1.165) is 24.1 Å². The van der Waals surface area contributed by atoms with Gasteiger partial charge >= 0.3 is 6.18 Å². The molecule has 2 heterocycles. The summed E-state index contributed by atoms with van der Waals surface area (Å²) in [5, 5.41) is 10.5. The average molecular weight is 440 g/mol. The zero-order valence-corrected chi connectivity index (χ0v) is 17.8. The molecule has 1 aliphatic heterocycles. The second kappa shape index (κ2) is 8.05. The van der Waals surface area contributed by atoms with Crippen LogP contribution in [0.2, 0.25) is 0 Å². The lowest BCUT2D eigenvalue weighted by Crippen LogP contribution is -2.47. The van der Waals surface area contributed by atoms with Gasteiger partial charge in [0, 0.05) is 24.9 Å². The van der Waals surface area contributed by atoms with E-state index in [2.05, 4.69) is 15.4 Å². The molecule has 3 atom stereocenters. The maximum Gasteiger partial charge on any atom is 0.445 e. The second-order valence-electron chi connectivity index (χ2n) is 8.05. The molecule has 10 heteroatoms. The molecular weight excluding hydrogens is 417 g/mol. The van der Waals surface area contributed by atoms with Crippen LogP contribution in [-0.2, 0) is 6.18 Å². The van der Waals surface area contributed by atoms with Gasteiger partial charge in [-0.05, 0) is 51.3 Å². The van der Waals surface area contributed by atoms with E-state index in [-0.39, 0.29) is 17.9 Å². The van der Waals surface area contributed by atoms with E-state index in [1.54, 1.807) is 0 Å². The van der Waals surface area contributed by atoms with Crippen LogP contribution in [0.3, 0.4) is 0 Å². The molecule has 1 aromatic carbocycles. The van der Waals surface area contributed by atoms with Crippen LogP contribution in [-0.4, -0.2) is 35.1 Å². The van der Waals surface area contributed by atoms with Gasteiger partial charge in [0.2, 0.25) is 10.1 Å². The standard InChI is InChI=1S/C20H23F3N4O2S/c1-11(2)26-29-16-8-12(3)4-7-15(16)28-17-13-5-6-14(17)10-27(9-13)19-25-24-18(30-19)20(21,22)23/h4,7-8,13-14,17H,5-6,9-10H2,1-3H3/t13-,14+,17-. The third kappa shape index (κ3) is 4.38. The lowest BCUT2D eigenvalue weighted by molar-refractivity contribution is -0.138. The van der Waals surface area contributed by atoms with Crippen molar-refractivity contribution in [2.24, 2.45) is 17.0 Å². The summed E-state index contributed by atoms with van der Waals surface area (Å²) in [6.45, 7) is 6.87. The zero-order valence-electron chi connectivity index (χ0n) is 16.9. The maximum absolute atomic E-state index is 12.9. The van der Waals surface area contributed by atoms with Gasteiger partial charge in [-0.25, -0.2) is 0 Å². The summed E-state index contributed by atoms with van der Waals surface area (Å²) in [5.41, 5.74) is 1.84. The summed E-state index contributed by atoms with van der Waals surface area (Å²) < 4.78 is 45.0.